The lowest BCUT2D eigenvalue weighted by Crippen LogP contribution is -2.22. The van der Waals surface area contributed by atoms with Gasteiger partial charge in [-0.1, -0.05) is 30.0 Å². The molecule has 0 unspecified atom stereocenters. The van der Waals surface area contributed by atoms with E-state index in [9.17, 15) is 9.59 Å². The Morgan fingerprint density at radius 3 is 2.75 bits per heavy atom. The second kappa shape index (κ2) is 7.07. The predicted molar refractivity (Wildman–Crippen MR) is 113 cm³/mol. The van der Waals surface area contributed by atoms with Gasteiger partial charge >= 0.3 is 0 Å². The van der Waals surface area contributed by atoms with Crippen molar-refractivity contribution in [2.45, 2.75) is 23.9 Å². The maximum Gasteiger partial charge on any atom is 0.267 e. The number of rotatable bonds is 6. The minimum Gasteiger partial charge on any atom is -0.359 e. The van der Waals surface area contributed by atoms with Crippen LogP contribution in [0.3, 0.4) is 0 Å². The molecule has 4 aromatic rings. The maximum absolute atomic E-state index is 13.5. The van der Waals surface area contributed by atoms with Crippen LogP contribution in [0.5, 0.6) is 0 Å². The zero-order valence-electron chi connectivity index (χ0n) is 14.9. The number of nitrogens with zero attached hydrogens (tertiary/aromatic N) is 2. The van der Waals surface area contributed by atoms with E-state index in [0.29, 0.717) is 16.8 Å². The molecule has 0 saturated heterocycles. The summed E-state index contributed by atoms with van der Waals surface area (Å²) in [5, 5.41) is 3.36. The number of hydrogen-bond donors (Lipinski definition) is 1. The number of H-pyrrole nitrogens is 1. The molecule has 5 rings (SSSR count). The van der Waals surface area contributed by atoms with E-state index in [1.807, 2.05) is 30.3 Å². The predicted octanol–water partition coefficient (Wildman–Crippen LogP) is 4.63. The van der Waals surface area contributed by atoms with E-state index >= 15 is 0 Å². The summed E-state index contributed by atoms with van der Waals surface area (Å²) in [6.45, 7) is 0. The van der Waals surface area contributed by atoms with E-state index in [-0.39, 0.29) is 17.1 Å². The molecule has 0 spiro atoms. The Morgan fingerprint density at radius 1 is 1.21 bits per heavy atom. The van der Waals surface area contributed by atoms with Crippen molar-refractivity contribution in [1.82, 2.24) is 14.5 Å². The monoisotopic (exact) mass is 407 g/mol. The van der Waals surface area contributed by atoms with Crippen LogP contribution >= 0.6 is 23.1 Å². The summed E-state index contributed by atoms with van der Waals surface area (Å²) < 4.78 is 1.65. The average Bonchev–Trinajstić information content (AvgIpc) is 3.24. The van der Waals surface area contributed by atoms with Crippen LogP contribution in [-0.2, 0) is 0 Å². The summed E-state index contributed by atoms with van der Waals surface area (Å²) in [4.78, 5) is 34.3. The number of aromatic nitrogens is 3. The minimum absolute atomic E-state index is 0.0196. The van der Waals surface area contributed by atoms with Gasteiger partial charge in [0.25, 0.3) is 5.56 Å². The number of carbonyl (C=O) groups excluding carboxylic acids is 1. The first-order chi connectivity index (χ1) is 13.7. The topological polar surface area (TPSA) is 67.8 Å². The Kier molecular flexibility index (Phi) is 4.41. The Balaban J connectivity index is 1.61. The smallest absolute Gasteiger partial charge is 0.267 e. The van der Waals surface area contributed by atoms with Gasteiger partial charge in [0, 0.05) is 6.20 Å². The molecular weight excluding hydrogens is 390 g/mol. The fourth-order valence-electron chi connectivity index (χ4n) is 3.30. The second-order valence-corrected chi connectivity index (χ2v) is 8.61. The number of carbonyl (C=O) groups is 1. The van der Waals surface area contributed by atoms with Gasteiger partial charge < -0.3 is 4.98 Å². The fourth-order valence-corrected chi connectivity index (χ4v) is 5.26. The van der Waals surface area contributed by atoms with Crippen LogP contribution in [0, 0.1) is 0 Å². The highest BCUT2D eigenvalue weighted by molar-refractivity contribution is 7.99. The van der Waals surface area contributed by atoms with Crippen LogP contribution in [0.2, 0.25) is 0 Å². The van der Waals surface area contributed by atoms with Crippen LogP contribution in [0.4, 0.5) is 0 Å². The van der Waals surface area contributed by atoms with Gasteiger partial charge in [0.1, 0.15) is 4.83 Å². The van der Waals surface area contributed by atoms with E-state index in [0.717, 1.165) is 34.3 Å². The molecule has 0 radical (unpaired) electrons. The molecule has 1 fully saturated rings. The normalized spacial score (nSPS) is 13.9. The number of ketones is 1. The Morgan fingerprint density at radius 2 is 2.04 bits per heavy atom. The maximum atomic E-state index is 13.5. The van der Waals surface area contributed by atoms with Gasteiger partial charge in [0.2, 0.25) is 0 Å². The molecule has 1 aromatic carbocycles. The number of benzene rings is 1. The third kappa shape index (κ3) is 3.10. The number of para-hydroxylation sites is 1. The molecule has 7 heteroatoms. The first kappa shape index (κ1) is 17.5. The molecule has 5 nitrogen and oxygen atoms in total. The van der Waals surface area contributed by atoms with Crippen molar-refractivity contribution < 1.29 is 4.79 Å². The van der Waals surface area contributed by atoms with Gasteiger partial charge in [-0.15, -0.1) is 11.3 Å². The molecule has 0 amide bonds. The molecule has 3 aromatic heterocycles. The average molecular weight is 408 g/mol. The minimum atomic E-state index is -0.0471. The van der Waals surface area contributed by atoms with Gasteiger partial charge in [-0.25, -0.2) is 4.98 Å². The van der Waals surface area contributed by atoms with Crippen molar-refractivity contribution in [3.63, 3.8) is 0 Å². The summed E-state index contributed by atoms with van der Waals surface area (Å²) in [6.07, 6.45) is 4.00. The Bertz CT molecular complexity index is 1210. The van der Waals surface area contributed by atoms with E-state index in [1.165, 1.54) is 23.1 Å². The van der Waals surface area contributed by atoms with E-state index in [1.54, 1.807) is 22.9 Å². The molecule has 0 aliphatic heterocycles. The summed E-state index contributed by atoms with van der Waals surface area (Å²) in [7, 11) is 0. The summed E-state index contributed by atoms with van der Waals surface area (Å²) in [5.74, 6) is 0.681. The molecule has 0 bridgehead atoms. The lowest BCUT2D eigenvalue weighted by atomic mass is 10.1. The zero-order chi connectivity index (χ0) is 19.1. The number of thioether (sulfide) groups is 1. The van der Waals surface area contributed by atoms with Crippen molar-refractivity contribution in [2.75, 3.05) is 5.75 Å². The standard InChI is InChI=1S/C21H17N3O2S2/c25-17(16-7-4-10-22-16)12-28-21-23-19-18(15(11-27-19)13-8-9-13)20(26)24(21)14-5-2-1-3-6-14/h1-7,10-11,13,22H,8-9,12H2. The van der Waals surface area contributed by atoms with Crippen LogP contribution < -0.4 is 5.56 Å². The SMILES string of the molecule is O=C(CSc1nc2scc(C3CC3)c2c(=O)n1-c1ccccc1)c1ccc[nH]1. The number of thiophene rings is 1. The molecule has 28 heavy (non-hydrogen) atoms. The molecule has 0 atom stereocenters. The van der Waals surface area contributed by atoms with Crippen molar-refractivity contribution in [3.05, 3.63) is 75.7 Å². The third-order valence-electron chi connectivity index (χ3n) is 4.87. The van der Waals surface area contributed by atoms with E-state index in [2.05, 4.69) is 10.4 Å². The van der Waals surface area contributed by atoms with Gasteiger partial charge in [-0.3, -0.25) is 14.2 Å². The fraction of sp³-hybridized carbons (Fsp3) is 0.190. The van der Waals surface area contributed by atoms with Crippen molar-refractivity contribution >= 4 is 39.1 Å². The lowest BCUT2D eigenvalue weighted by Gasteiger charge is -2.12. The number of fused-ring (bicyclic) bond motifs is 1. The zero-order valence-corrected chi connectivity index (χ0v) is 16.6. The van der Waals surface area contributed by atoms with Gasteiger partial charge in [-0.05, 0) is 54.0 Å². The Labute approximate surface area is 169 Å². The largest absolute Gasteiger partial charge is 0.359 e. The van der Waals surface area contributed by atoms with Crippen LogP contribution in [-0.4, -0.2) is 26.1 Å². The number of hydrogen-bond acceptors (Lipinski definition) is 5. The third-order valence-corrected chi connectivity index (χ3v) is 6.70. The van der Waals surface area contributed by atoms with Crippen molar-refractivity contribution in [2.24, 2.45) is 0 Å². The van der Waals surface area contributed by atoms with E-state index in [4.69, 9.17) is 4.98 Å². The van der Waals surface area contributed by atoms with E-state index < -0.39 is 0 Å². The highest BCUT2D eigenvalue weighted by Crippen LogP contribution is 2.44. The molecular formula is C21H17N3O2S2. The van der Waals surface area contributed by atoms with Gasteiger partial charge in [0.15, 0.2) is 10.9 Å². The van der Waals surface area contributed by atoms with Crippen LogP contribution in [0.25, 0.3) is 15.9 Å². The molecule has 1 saturated carbocycles. The lowest BCUT2D eigenvalue weighted by molar-refractivity contribution is 0.101. The van der Waals surface area contributed by atoms with Crippen LogP contribution in [0.1, 0.15) is 34.8 Å². The quantitative estimate of drug-likeness (QED) is 0.287. The van der Waals surface area contributed by atoms with Crippen molar-refractivity contribution in [3.8, 4) is 5.69 Å². The molecule has 1 aliphatic carbocycles. The molecule has 1 N–H and O–H groups in total. The number of Topliss-reactive ketones (excluding diaryl/α,β-unsaturated/α-hetero) is 1. The molecule has 3 heterocycles. The summed E-state index contributed by atoms with van der Waals surface area (Å²) in [5.41, 5.74) is 2.41. The summed E-state index contributed by atoms with van der Waals surface area (Å²) in [6, 6.07) is 13.1. The molecule has 140 valence electrons. The number of nitrogens with one attached hydrogen (secondary N) is 1. The number of aromatic amines is 1. The highest BCUT2D eigenvalue weighted by atomic mass is 32.2. The highest BCUT2D eigenvalue weighted by Gasteiger charge is 2.29. The van der Waals surface area contributed by atoms with Gasteiger partial charge in [-0.2, -0.15) is 0 Å². The van der Waals surface area contributed by atoms with Gasteiger partial charge in [0.05, 0.1) is 22.5 Å². The first-order valence-electron chi connectivity index (χ1n) is 9.11. The van der Waals surface area contributed by atoms with Crippen molar-refractivity contribution in [1.29, 1.82) is 0 Å². The first-order valence-corrected chi connectivity index (χ1v) is 11.0. The van der Waals surface area contributed by atoms with Crippen LogP contribution in [0.15, 0.2) is 64.0 Å². The Hall–Kier alpha value is -2.64. The summed E-state index contributed by atoms with van der Waals surface area (Å²) >= 11 is 2.82. The molecule has 1 aliphatic rings. The second-order valence-electron chi connectivity index (χ2n) is 6.81.